The normalized spacial score (nSPS) is 13.4. The minimum Gasteiger partial charge on any atom is -0.0654 e. The first-order valence-electron chi connectivity index (χ1n) is 47.3. The summed E-state index contributed by atoms with van der Waals surface area (Å²) >= 11 is 0. The lowest BCUT2D eigenvalue weighted by Gasteiger charge is -2.28. The molecule has 0 amide bonds. The van der Waals surface area contributed by atoms with Crippen LogP contribution >= 0.6 is 0 Å². The fraction of sp³-hybridized carbons (Fsp3) is 0.575. The van der Waals surface area contributed by atoms with Gasteiger partial charge in [0.1, 0.15) is 0 Å². The van der Waals surface area contributed by atoms with E-state index in [9.17, 15) is 0 Å². The van der Waals surface area contributed by atoms with Crippen LogP contribution in [0, 0.1) is 102 Å². The molecule has 0 radical (unpaired) electrons. The van der Waals surface area contributed by atoms with E-state index in [1.165, 1.54) is 340 Å². The maximum absolute atomic E-state index is 2.55. The fourth-order valence-corrected chi connectivity index (χ4v) is 17.9. The minimum atomic E-state index is 0.850. The van der Waals surface area contributed by atoms with Crippen LogP contribution in [-0.2, 0) is 38.5 Å². The van der Waals surface area contributed by atoms with Gasteiger partial charge in [-0.1, -0.05) is 367 Å². The van der Waals surface area contributed by atoms with Crippen molar-refractivity contribution in [2.45, 2.75) is 414 Å². The number of aryl methyl sites for hydroxylation is 17. The van der Waals surface area contributed by atoms with Gasteiger partial charge >= 0.3 is 0 Å². The number of hydrogen-bond acceptors (Lipinski definition) is 0. The fourth-order valence-electron chi connectivity index (χ4n) is 17.9. The maximum atomic E-state index is 2.55. The topological polar surface area (TPSA) is 0 Å². The molecule has 2 atom stereocenters. The van der Waals surface area contributed by atoms with Crippen LogP contribution in [0.1, 0.15) is 402 Å². The Morgan fingerprint density at radius 1 is 0.248 bits per heavy atom. The third kappa shape index (κ3) is 35.6. The Balaban J connectivity index is 0.000000244. The standard InChI is InChI=1S/C24H42.C20H30.C20H18.C20H34.C15H24.C14H22/c1-7-11-13-21(9-3)17-23-15-20(6)24(16-19(23)5)18-22(10-4)14-12-8-2;2*1-15-13-20(18-11-7-4-8-12-18)16(2)14-19(15)17-9-5-3-6-10-17;1-5-7-9-11-13-19-15-18(4)20(16-17(19)3)14-12-10-8-6-2;1-5-6-7-8-9-15-11-13(3)12(2)10-14(15)4;1-4-5-6-7-8-14-11-12(2)9-10-13(14)3/h15-16,21-22H,7-14,17-18H2,1-6H3;13-14,17-18H,3-12H2,1-2H3;3-14H,1-2H3;15-16H,5-14H2,1-4H3;10-11H,5-9H2,1-4H3;9-11H,4-8H2,1-3H3. The average molecular weight is 1530 g/mol. The van der Waals surface area contributed by atoms with E-state index in [0.29, 0.717) is 0 Å². The molecular formula is C113H170. The Hall–Kier alpha value is -6.24. The van der Waals surface area contributed by atoms with Crippen molar-refractivity contribution in [2.75, 3.05) is 0 Å². The van der Waals surface area contributed by atoms with Crippen molar-refractivity contribution in [1.82, 2.24) is 0 Å². The van der Waals surface area contributed by atoms with E-state index in [2.05, 4.69) is 285 Å². The van der Waals surface area contributed by atoms with Gasteiger partial charge in [0.15, 0.2) is 0 Å². The van der Waals surface area contributed by atoms with Gasteiger partial charge in [-0.3, -0.25) is 0 Å². The van der Waals surface area contributed by atoms with Crippen molar-refractivity contribution < 1.29 is 0 Å². The van der Waals surface area contributed by atoms with Gasteiger partial charge in [0, 0.05) is 0 Å². The van der Waals surface area contributed by atoms with Gasteiger partial charge < -0.3 is 0 Å². The zero-order chi connectivity index (χ0) is 82.3. The lowest BCUT2D eigenvalue weighted by Crippen LogP contribution is -2.10. The maximum Gasteiger partial charge on any atom is -0.0152 e. The molecule has 2 aliphatic rings. The second-order valence-electron chi connectivity index (χ2n) is 35.6. The Bertz CT molecular complexity index is 3660. The summed E-state index contributed by atoms with van der Waals surface area (Å²) in [6.45, 7) is 47.8. The highest BCUT2D eigenvalue weighted by Crippen LogP contribution is 2.40. The summed E-state index contributed by atoms with van der Waals surface area (Å²) < 4.78 is 0. The molecule has 0 spiro atoms. The molecular weight excluding hydrogens is 1360 g/mol. The highest BCUT2D eigenvalue weighted by molar-refractivity contribution is 5.76. The van der Waals surface area contributed by atoms with Crippen molar-refractivity contribution in [3.8, 4) is 22.3 Å². The summed E-state index contributed by atoms with van der Waals surface area (Å²) in [6.07, 6.45) is 54.5. The predicted molar refractivity (Wildman–Crippen MR) is 508 cm³/mol. The highest BCUT2D eigenvalue weighted by atomic mass is 14.3. The minimum absolute atomic E-state index is 0.850. The monoisotopic (exact) mass is 1530 g/mol. The summed E-state index contributed by atoms with van der Waals surface area (Å²) in [5.74, 6) is 3.43. The highest BCUT2D eigenvalue weighted by Gasteiger charge is 2.23. The molecule has 2 saturated carbocycles. The predicted octanol–water partition coefficient (Wildman–Crippen LogP) is 35.6. The molecule has 0 aliphatic heterocycles. The molecule has 2 fully saturated rings. The number of rotatable bonds is 36. The van der Waals surface area contributed by atoms with Crippen molar-refractivity contribution in [1.29, 1.82) is 0 Å². The quantitative estimate of drug-likeness (QED) is 0.0343. The van der Waals surface area contributed by atoms with Crippen LogP contribution in [0.2, 0.25) is 0 Å². The molecule has 8 aromatic carbocycles. The Labute approximate surface area is 700 Å². The van der Waals surface area contributed by atoms with Crippen molar-refractivity contribution in [3.63, 3.8) is 0 Å². The third-order valence-corrected chi connectivity index (χ3v) is 25.8. The first-order valence-corrected chi connectivity index (χ1v) is 47.3. The third-order valence-electron chi connectivity index (χ3n) is 25.8. The Morgan fingerprint density at radius 3 is 0.903 bits per heavy atom. The molecule has 10 rings (SSSR count). The molecule has 2 aliphatic carbocycles. The largest absolute Gasteiger partial charge is 0.0654 e. The lowest BCUT2D eigenvalue weighted by atomic mass is 9.77. The Morgan fingerprint density at radius 2 is 0.558 bits per heavy atom. The second kappa shape index (κ2) is 56.2. The summed E-state index contributed by atoms with van der Waals surface area (Å²) in [7, 11) is 0. The van der Waals surface area contributed by atoms with Crippen molar-refractivity contribution in [2.24, 2.45) is 11.8 Å². The van der Waals surface area contributed by atoms with Crippen LogP contribution in [0.15, 0.2) is 140 Å². The van der Waals surface area contributed by atoms with Gasteiger partial charge in [-0.05, 0) is 337 Å². The molecule has 0 saturated heterocycles. The van der Waals surface area contributed by atoms with Gasteiger partial charge in [0.2, 0.25) is 0 Å². The molecule has 0 aromatic heterocycles. The Kier molecular flexibility index (Phi) is 48.4. The number of hydrogen-bond donors (Lipinski definition) is 0. The van der Waals surface area contributed by atoms with Gasteiger partial charge in [0.25, 0.3) is 0 Å². The summed E-state index contributed by atoms with van der Waals surface area (Å²) in [5, 5.41) is 0. The van der Waals surface area contributed by atoms with Gasteiger partial charge in [-0.15, -0.1) is 0 Å². The van der Waals surface area contributed by atoms with E-state index in [4.69, 9.17) is 0 Å². The SMILES string of the molecule is CCCCC(CC)Cc1cc(C)c(CC(CC)CCCC)cc1C.CCCCCCc1cc(C)c(C)cc1C.CCCCCCc1cc(C)c(CCCCCC)cc1C.CCCCCCc1cc(C)ccc1C.Cc1cc(-c2ccccc2)c(C)cc1-c1ccccc1.Cc1cc(C2CCCCC2)c(C)cc1C1CCCCC1. The number of unbranched alkanes of at least 4 members (excludes halogenated alkanes) is 14. The van der Waals surface area contributed by atoms with Crippen LogP contribution in [0.4, 0.5) is 0 Å². The van der Waals surface area contributed by atoms with Crippen LogP contribution in [0.25, 0.3) is 22.3 Å². The van der Waals surface area contributed by atoms with Crippen molar-refractivity contribution >= 4 is 0 Å². The average Bonchev–Trinajstić information content (AvgIpc) is 0.805. The first-order chi connectivity index (χ1) is 54.6. The lowest BCUT2D eigenvalue weighted by molar-refractivity contribution is 0.437. The molecule has 0 heteroatoms. The summed E-state index contributed by atoms with van der Waals surface area (Å²) in [5.41, 5.74) is 37.0. The molecule has 622 valence electrons. The molecule has 0 heterocycles. The zero-order valence-electron chi connectivity index (χ0n) is 77.4. The van der Waals surface area contributed by atoms with Gasteiger partial charge in [-0.25, -0.2) is 0 Å². The first kappa shape index (κ1) is 97.3. The van der Waals surface area contributed by atoms with Gasteiger partial charge in [0.05, 0.1) is 0 Å². The zero-order valence-corrected chi connectivity index (χ0v) is 77.4. The molecule has 8 aromatic rings. The summed E-state index contributed by atoms with van der Waals surface area (Å²) in [6, 6.07) is 52.3. The smallest absolute Gasteiger partial charge is 0.0152 e. The van der Waals surface area contributed by atoms with Gasteiger partial charge in [-0.2, -0.15) is 0 Å². The van der Waals surface area contributed by atoms with E-state index >= 15 is 0 Å². The molecule has 0 N–H and O–H groups in total. The second-order valence-corrected chi connectivity index (χ2v) is 35.6. The van der Waals surface area contributed by atoms with E-state index < -0.39 is 0 Å². The molecule has 113 heavy (non-hydrogen) atoms. The van der Waals surface area contributed by atoms with Crippen LogP contribution < -0.4 is 0 Å². The summed E-state index contributed by atoms with van der Waals surface area (Å²) in [4.78, 5) is 0. The molecule has 0 bridgehead atoms. The number of benzene rings is 8. The van der Waals surface area contributed by atoms with Crippen LogP contribution in [0.3, 0.4) is 0 Å². The van der Waals surface area contributed by atoms with Crippen molar-refractivity contribution in [3.05, 3.63) is 256 Å². The van der Waals surface area contributed by atoms with E-state index in [0.717, 1.165) is 23.7 Å². The van der Waals surface area contributed by atoms with E-state index in [1.54, 1.807) is 55.6 Å². The van der Waals surface area contributed by atoms with E-state index in [-0.39, 0.29) is 0 Å². The van der Waals surface area contributed by atoms with Crippen LogP contribution in [-0.4, -0.2) is 0 Å². The molecule has 0 nitrogen and oxygen atoms in total. The van der Waals surface area contributed by atoms with E-state index in [1.807, 2.05) is 0 Å². The molecule has 2 unspecified atom stereocenters. The van der Waals surface area contributed by atoms with Crippen LogP contribution in [0.5, 0.6) is 0 Å².